The van der Waals surface area contributed by atoms with Crippen LogP contribution in [0.5, 0.6) is 17.2 Å². The van der Waals surface area contributed by atoms with Crippen molar-refractivity contribution < 1.29 is 23.8 Å². The van der Waals surface area contributed by atoms with Gasteiger partial charge in [0.2, 0.25) is 17.6 Å². The van der Waals surface area contributed by atoms with Crippen molar-refractivity contribution >= 4 is 17.5 Å². The quantitative estimate of drug-likeness (QED) is 0.728. The van der Waals surface area contributed by atoms with Crippen LogP contribution in [-0.4, -0.2) is 33.1 Å². The molecule has 150 valence electrons. The first kappa shape index (κ1) is 21.1. The van der Waals surface area contributed by atoms with Gasteiger partial charge in [0.05, 0.1) is 33.8 Å². The Labute approximate surface area is 165 Å². The Morgan fingerprint density at radius 2 is 1.64 bits per heavy atom. The number of benzene rings is 2. The molecule has 0 aliphatic carbocycles. The predicted molar refractivity (Wildman–Crippen MR) is 107 cm³/mol. The summed E-state index contributed by atoms with van der Waals surface area (Å²) in [4.78, 5) is 23.7. The summed E-state index contributed by atoms with van der Waals surface area (Å²) < 4.78 is 15.9. The van der Waals surface area contributed by atoms with Crippen LogP contribution in [0.4, 0.5) is 5.69 Å². The normalized spacial score (nSPS) is 11.3. The van der Waals surface area contributed by atoms with Crippen LogP contribution in [0.2, 0.25) is 0 Å². The Kier molecular flexibility index (Phi) is 7.26. The zero-order valence-corrected chi connectivity index (χ0v) is 16.8. The third kappa shape index (κ3) is 5.39. The number of carbonyl (C=O) groups is 2. The number of hydrogen-bond acceptors (Lipinski definition) is 5. The third-order valence-electron chi connectivity index (χ3n) is 4.17. The number of ether oxygens (including phenoxy) is 3. The van der Waals surface area contributed by atoms with E-state index in [1.807, 2.05) is 25.1 Å². The molecule has 0 radical (unpaired) electrons. The second kappa shape index (κ2) is 9.64. The zero-order valence-electron chi connectivity index (χ0n) is 16.8. The minimum absolute atomic E-state index is 0.142. The van der Waals surface area contributed by atoms with Crippen LogP contribution >= 0.6 is 0 Å². The molecule has 0 aliphatic rings. The maximum atomic E-state index is 12.5. The number of anilines is 1. The Hall–Kier alpha value is -3.22. The van der Waals surface area contributed by atoms with Gasteiger partial charge in [-0.15, -0.1) is 0 Å². The molecule has 1 atom stereocenters. The van der Waals surface area contributed by atoms with Gasteiger partial charge >= 0.3 is 0 Å². The summed E-state index contributed by atoms with van der Waals surface area (Å²) in [5, 5.41) is 5.70. The molecular weight excluding hydrogens is 360 g/mol. The first-order valence-electron chi connectivity index (χ1n) is 8.83. The maximum absolute atomic E-state index is 12.5. The van der Waals surface area contributed by atoms with E-state index in [2.05, 4.69) is 10.6 Å². The minimum atomic E-state index is -0.219. The SMILES string of the molecule is COc1cc(CC(=O)NC(C)c2cccc(NC(C)=O)c2)cc(OC)c1OC. The van der Waals surface area contributed by atoms with Crippen molar-refractivity contribution in [2.75, 3.05) is 26.6 Å². The fraction of sp³-hybridized carbons (Fsp3) is 0.333. The van der Waals surface area contributed by atoms with E-state index in [0.717, 1.165) is 11.1 Å². The van der Waals surface area contributed by atoms with Crippen molar-refractivity contribution in [2.24, 2.45) is 0 Å². The summed E-state index contributed by atoms with van der Waals surface area (Å²) in [6.45, 7) is 3.34. The lowest BCUT2D eigenvalue weighted by atomic mass is 10.1. The molecule has 7 heteroatoms. The number of hydrogen-bond donors (Lipinski definition) is 2. The van der Waals surface area contributed by atoms with E-state index in [-0.39, 0.29) is 24.3 Å². The molecular formula is C21H26N2O5. The summed E-state index contributed by atoms with van der Waals surface area (Å²) in [5.74, 6) is 1.20. The molecule has 0 spiro atoms. The number of carbonyl (C=O) groups excluding carboxylic acids is 2. The highest BCUT2D eigenvalue weighted by Gasteiger charge is 2.16. The molecule has 0 saturated heterocycles. The van der Waals surface area contributed by atoms with Crippen LogP contribution in [0, 0.1) is 0 Å². The predicted octanol–water partition coefficient (Wildman–Crippen LogP) is 3.09. The van der Waals surface area contributed by atoms with Gasteiger partial charge in [-0.05, 0) is 42.3 Å². The van der Waals surface area contributed by atoms with E-state index >= 15 is 0 Å². The highest BCUT2D eigenvalue weighted by molar-refractivity contribution is 5.88. The molecule has 0 aromatic heterocycles. The highest BCUT2D eigenvalue weighted by atomic mass is 16.5. The van der Waals surface area contributed by atoms with Crippen molar-refractivity contribution in [3.63, 3.8) is 0 Å². The van der Waals surface area contributed by atoms with E-state index in [4.69, 9.17) is 14.2 Å². The van der Waals surface area contributed by atoms with E-state index in [0.29, 0.717) is 22.9 Å². The Morgan fingerprint density at radius 1 is 1.00 bits per heavy atom. The summed E-state index contributed by atoms with van der Waals surface area (Å²) in [6, 6.07) is 10.7. The van der Waals surface area contributed by atoms with E-state index in [1.165, 1.54) is 28.3 Å². The van der Waals surface area contributed by atoms with Gasteiger partial charge in [-0.1, -0.05) is 12.1 Å². The lowest BCUT2D eigenvalue weighted by Gasteiger charge is -2.17. The van der Waals surface area contributed by atoms with Gasteiger partial charge in [0.25, 0.3) is 0 Å². The highest BCUT2D eigenvalue weighted by Crippen LogP contribution is 2.38. The first-order valence-corrected chi connectivity index (χ1v) is 8.83. The Balaban J connectivity index is 2.10. The fourth-order valence-corrected chi connectivity index (χ4v) is 2.89. The van der Waals surface area contributed by atoms with Crippen molar-refractivity contribution in [1.82, 2.24) is 5.32 Å². The van der Waals surface area contributed by atoms with Gasteiger partial charge < -0.3 is 24.8 Å². The van der Waals surface area contributed by atoms with Gasteiger partial charge in [0.15, 0.2) is 11.5 Å². The van der Waals surface area contributed by atoms with E-state index < -0.39 is 0 Å². The molecule has 1 unspecified atom stereocenters. The molecule has 2 aromatic rings. The average Bonchev–Trinajstić information content (AvgIpc) is 2.66. The van der Waals surface area contributed by atoms with E-state index in [1.54, 1.807) is 18.2 Å². The molecule has 2 N–H and O–H groups in total. The molecule has 28 heavy (non-hydrogen) atoms. The van der Waals surface area contributed by atoms with Crippen molar-refractivity contribution in [3.8, 4) is 17.2 Å². The largest absolute Gasteiger partial charge is 0.493 e. The Bertz CT molecular complexity index is 825. The van der Waals surface area contributed by atoms with Crippen LogP contribution in [0.1, 0.15) is 31.0 Å². The minimum Gasteiger partial charge on any atom is -0.493 e. The van der Waals surface area contributed by atoms with Crippen LogP contribution in [-0.2, 0) is 16.0 Å². The fourth-order valence-electron chi connectivity index (χ4n) is 2.89. The summed E-state index contributed by atoms with van der Waals surface area (Å²) >= 11 is 0. The molecule has 2 aromatic carbocycles. The van der Waals surface area contributed by atoms with Crippen LogP contribution in [0.3, 0.4) is 0 Å². The summed E-state index contributed by atoms with van der Waals surface area (Å²) in [5.41, 5.74) is 2.33. The number of methoxy groups -OCH3 is 3. The maximum Gasteiger partial charge on any atom is 0.224 e. The molecule has 0 aliphatic heterocycles. The molecule has 0 fully saturated rings. The average molecular weight is 386 g/mol. The second-order valence-corrected chi connectivity index (χ2v) is 6.31. The van der Waals surface area contributed by atoms with Gasteiger partial charge in [-0.2, -0.15) is 0 Å². The van der Waals surface area contributed by atoms with Crippen molar-refractivity contribution in [2.45, 2.75) is 26.3 Å². The van der Waals surface area contributed by atoms with Crippen molar-refractivity contribution in [3.05, 3.63) is 47.5 Å². The van der Waals surface area contributed by atoms with E-state index in [9.17, 15) is 9.59 Å². The van der Waals surface area contributed by atoms with Crippen molar-refractivity contribution in [1.29, 1.82) is 0 Å². The van der Waals surface area contributed by atoms with Crippen LogP contribution in [0.25, 0.3) is 0 Å². The summed E-state index contributed by atoms with van der Waals surface area (Å²) in [7, 11) is 4.60. The first-order chi connectivity index (χ1) is 13.4. The number of nitrogens with one attached hydrogen (secondary N) is 2. The molecule has 2 amide bonds. The monoisotopic (exact) mass is 386 g/mol. The zero-order chi connectivity index (χ0) is 20.7. The lowest BCUT2D eigenvalue weighted by molar-refractivity contribution is -0.121. The molecule has 2 rings (SSSR count). The van der Waals surface area contributed by atoms with Gasteiger partial charge in [-0.25, -0.2) is 0 Å². The van der Waals surface area contributed by atoms with Crippen LogP contribution in [0.15, 0.2) is 36.4 Å². The van der Waals surface area contributed by atoms with Gasteiger partial charge in [0.1, 0.15) is 0 Å². The molecule has 0 bridgehead atoms. The molecule has 7 nitrogen and oxygen atoms in total. The molecule has 0 saturated carbocycles. The topological polar surface area (TPSA) is 85.9 Å². The Morgan fingerprint density at radius 3 is 2.18 bits per heavy atom. The number of amides is 2. The third-order valence-corrected chi connectivity index (χ3v) is 4.17. The molecule has 0 heterocycles. The lowest BCUT2D eigenvalue weighted by Crippen LogP contribution is -2.28. The number of rotatable bonds is 8. The van der Waals surface area contributed by atoms with Gasteiger partial charge in [-0.3, -0.25) is 9.59 Å². The second-order valence-electron chi connectivity index (χ2n) is 6.31. The van der Waals surface area contributed by atoms with Crippen LogP contribution < -0.4 is 24.8 Å². The smallest absolute Gasteiger partial charge is 0.224 e. The standard InChI is InChI=1S/C21H26N2O5/c1-13(16-7-6-8-17(12-16)23-14(2)24)22-20(25)11-15-9-18(26-3)21(28-5)19(10-15)27-4/h6-10,12-13H,11H2,1-5H3,(H,22,25)(H,23,24). The summed E-state index contributed by atoms with van der Waals surface area (Å²) in [6.07, 6.45) is 0.159. The van der Waals surface area contributed by atoms with Gasteiger partial charge in [0, 0.05) is 12.6 Å².